The SMILES string of the molecule is CN1CCC(c2ccccc2)c2ccc(CCn3cncn3)cc2C1. The molecule has 128 valence electrons. The molecule has 0 bridgehead atoms. The number of rotatable bonds is 4. The lowest BCUT2D eigenvalue weighted by Crippen LogP contribution is -2.17. The van der Waals surface area contributed by atoms with Crippen molar-refractivity contribution in [2.75, 3.05) is 13.6 Å². The van der Waals surface area contributed by atoms with Crippen LogP contribution in [-0.4, -0.2) is 33.3 Å². The standard InChI is InChI=1S/C21H24N4/c1-24-11-10-21(18-5-3-2-4-6-18)20-8-7-17(13-19(20)14-24)9-12-25-16-22-15-23-25/h2-8,13,15-16,21H,9-12,14H2,1H3. The van der Waals surface area contributed by atoms with Gasteiger partial charge in [0.1, 0.15) is 12.7 Å². The van der Waals surface area contributed by atoms with E-state index in [0.717, 1.165) is 26.1 Å². The number of hydrogen-bond donors (Lipinski definition) is 0. The molecule has 0 fully saturated rings. The third kappa shape index (κ3) is 3.64. The average Bonchev–Trinajstić information content (AvgIpc) is 3.10. The third-order valence-corrected chi connectivity index (χ3v) is 5.12. The van der Waals surface area contributed by atoms with Crippen LogP contribution in [-0.2, 0) is 19.5 Å². The molecule has 1 aliphatic heterocycles. The van der Waals surface area contributed by atoms with Crippen LogP contribution >= 0.6 is 0 Å². The van der Waals surface area contributed by atoms with E-state index in [9.17, 15) is 0 Å². The van der Waals surface area contributed by atoms with Gasteiger partial charge in [-0.15, -0.1) is 0 Å². The highest BCUT2D eigenvalue weighted by molar-refractivity contribution is 5.41. The van der Waals surface area contributed by atoms with Gasteiger partial charge in [-0.3, -0.25) is 4.68 Å². The Morgan fingerprint density at radius 2 is 2.00 bits per heavy atom. The van der Waals surface area contributed by atoms with E-state index in [1.165, 1.54) is 28.7 Å². The molecule has 0 N–H and O–H groups in total. The molecule has 1 atom stereocenters. The maximum Gasteiger partial charge on any atom is 0.137 e. The molecule has 1 aliphatic rings. The van der Waals surface area contributed by atoms with Gasteiger partial charge >= 0.3 is 0 Å². The molecule has 0 radical (unpaired) electrons. The first-order chi connectivity index (χ1) is 12.3. The van der Waals surface area contributed by atoms with Crippen LogP contribution in [0.2, 0.25) is 0 Å². The van der Waals surface area contributed by atoms with Gasteiger partial charge in [-0.1, -0.05) is 48.5 Å². The Bertz CT molecular complexity index is 811. The number of nitrogens with zero attached hydrogens (tertiary/aromatic N) is 4. The van der Waals surface area contributed by atoms with E-state index >= 15 is 0 Å². The van der Waals surface area contributed by atoms with Crippen LogP contribution in [0.15, 0.2) is 61.2 Å². The molecule has 0 spiro atoms. The van der Waals surface area contributed by atoms with Gasteiger partial charge < -0.3 is 4.90 Å². The minimum absolute atomic E-state index is 0.491. The summed E-state index contributed by atoms with van der Waals surface area (Å²) in [6.45, 7) is 3.02. The normalized spacial score (nSPS) is 17.9. The zero-order chi connectivity index (χ0) is 17.1. The topological polar surface area (TPSA) is 34.0 Å². The van der Waals surface area contributed by atoms with Gasteiger partial charge in [0, 0.05) is 19.0 Å². The predicted molar refractivity (Wildman–Crippen MR) is 99.4 cm³/mol. The monoisotopic (exact) mass is 332 g/mol. The van der Waals surface area contributed by atoms with Crippen LogP contribution in [0, 0.1) is 0 Å². The summed E-state index contributed by atoms with van der Waals surface area (Å²) in [6, 6.07) is 18.0. The summed E-state index contributed by atoms with van der Waals surface area (Å²) in [5.41, 5.74) is 5.75. The van der Waals surface area contributed by atoms with Gasteiger partial charge in [-0.05, 0) is 48.7 Å². The van der Waals surface area contributed by atoms with E-state index in [0.29, 0.717) is 5.92 Å². The lowest BCUT2D eigenvalue weighted by Gasteiger charge is -2.18. The minimum atomic E-state index is 0.491. The van der Waals surface area contributed by atoms with Crippen LogP contribution in [0.3, 0.4) is 0 Å². The first-order valence-electron chi connectivity index (χ1n) is 8.97. The molecule has 3 aromatic rings. The Labute approximate surface area is 149 Å². The van der Waals surface area contributed by atoms with E-state index < -0.39 is 0 Å². The van der Waals surface area contributed by atoms with Crippen molar-refractivity contribution in [3.8, 4) is 0 Å². The Balaban J connectivity index is 1.62. The molecule has 25 heavy (non-hydrogen) atoms. The summed E-state index contributed by atoms with van der Waals surface area (Å²) in [5.74, 6) is 0.491. The van der Waals surface area contributed by atoms with Crippen LogP contribution in [0.25, 0.3) is 0 Å². The maximum absolute atomic E-state index is 4.19. The molecule has 1 unspecified atom stereocenters. The largest absolute Gasteiger partial charge is 0.302 e. The molecule has 2 aromatic carbocycles. The second kappa shape index (κ2) is 7.19. The fourth-order valence-electron chi connectivity index (χ4n) is 3.79. The fraction of sp³-hybridized carbons (Fsp3) is 0.333. The molecule has 0 aliphatic carbocycles. The second-order valence-corrected chi connectivity index (χ2v) is 6.93. The van der Waals surface area contributed by atoms with E-state index in [1.54, 1.807) is 12.7 Å². The smallest absolute Gasteiger partial charge is 0.137 e. The number of aromatic nitrogens is 3. The number of benzene rings is 2. The first-order valence-corrected chi connectivity index (χ1v) is 8.97. The highest BCUT2D eigenvalue weighted by Crippen LogP contribution is 2.34. The molecule has 4 heteroatoms. The van der Waals surface area contributed by atoms with Gasteiger partial charge in [-0.2, -0.15) is 5.10 Å². The van der Waals surface area contributed by atoms with Gasteiger partial charge in [-0.25, -0.2) is 4.98 Å². The van der Waals surface area contributed by atoms with Crippen molar-refractivity contribution in [3.63, 3.8) is 0 Å². The van der Waals surface area contributed by atoms with Crippen molar-refractivity contribution in [1.29, 1.82) is 0 Å². The number of hydrogen-bond acceptors (Lipinski definition) is 3. The molecule has 4 nitrogen and oxygen atoms in total. The van der Waals surface area contributed by atoms with E-state index in [1.807, 2.05) is 4.68 Å². The van der Waals surface area contributed by atoms with Crippen molar-refractivity contribution in [2.45, 2.75) is 31.8 Å². The van der Waals surface area contributed by atoms with Crippen LogP contribution in [0.5, 0.6) is 0 Å². The first kappa shape index (κ1) is 16.0. The Kier molecular flexibility index (Phi) is 4.61. The van der Waals surface area contributed by atoms with Gasteiger partial charge in [0.2, 0.25) is 0 Å². The Hall–Kier alpha value is -2.46. The quantitative estimate of drug-likeness (QED) is 0.733. The van der Waals surface area contributed by atoms with E-state index in [2.05, 4.69) is 70.6 Å². The van der Waals surface area contributed by atoms with Crippen LogP contribution in [0.1, 0.15) is 34.6 Å². The molecular weight excluding hydrogens is 308 g/mol. The van der Waals surface area contributed by atoms with Crippen molar-refractivity contribution < 1.29 is 0 Å². The number of fused-ring (bicyclic) bond motifs is 1. The Morgan fingerprint density at radius 1 is 1.12 bits per heavy atom. The van der Waals surface area contributed by atoms with Gasteiger partial charge in [0.05, 0.1) is 0 Å². The molecule has 0 saturated heterocycles. The van der Waals surface area contributed by atoms with Crippen molar-refractivity contribution in [1.82, 2.24) is 19.7 Å². The highest BCUT2D eigenvalue weighted by Gasteiger charge is 2.22. The summed E-state index contributed by atoms with van der Waals surface area (Å²) < 4.78 is 1.89. The zero-order valence-electron chi connectivity index (χ0n) is 14.7. The fourth-order valence-corrected chi connectivity index (χ4v) is 3.79. The van der Waals surface area contributed by atoms with E-state index in [-0.39, 0.29) is 0 Å². The van der Waals surface area contributed by atoms with Crippen molar-refractivity contribution in [2.24, 2.45) is 0 Å². The second-order valence-electron chi connectivity index (χ2n) is 6.93. The number of aryl methyl sites for hydroxylation is 2. The lowest BCUT2D eigenvalue weighted by atomic mass is 9.86. The summed E-state index contributed by atoms with van der Waals surface area (Å²) in [7, 11) is 2.22. The van der Waals surface area contributed by atoms with E-state index in [4.69, 9.17) is 0 Å². The molecular formula is C21H24N4. The van der Waals surface area contributed by atoms with Crippen LogP contribution in [0.4, 0.5) is 0 Å². The maximum atomic E-state index is 4.19. The van der Waals surface area contributed by atoms with Gasteiger partial charge in [0.15, 0.2) is 0 Å². The molecule has 0 saturated carbocycles. The van der Waals surface area contributed by atoms with Crippen molar-refractivity contribution >= 4 is 0 Å². The summed E-state index contributed by atoms with van der Waals surface area (Å²) in [6.07, 6.45) is 5.53. The minimum Gasteiger partial charge on any atom is -0.302 e. The average molecular weight is 332 g/mol. The summed E-state index contributed by atoms with van der Waals surface area (Å²) in [4.78, 5) is 6.45. The van der Waals surface area contributed by atoms with Crippen molar-refractivity contribution in [3.05, 3.63) is 83.4 Å². The summed E-state index contributed by atoms with van der Waals surface area (Å²) >= 11 is 0. The lowest BCUT2D eigenvalue weighted by molar-refractivity contribution is 0.328. The van der Waals surface area contributed by atoms with Gasteiger partial charge in [0.25, 0.3) is 0 Å². The molecule has 2 heterocycles. The van der Waals surface area contributed by atoms with Crippen LogP contribution < -0.4 is 0 Å². The molecule has 1 aromatic heterocycles. The zero-order valence-corrected chi connectivity index (χ0v) is 14.7. The highest BCUT2D eigenvalue weighted by atomic mass is 15.3. The summed E-state index contributed by atoms with van der Waals surface area (Å²) in [5, 5.41) is 4.19. The third-order valence-electron chi connectivity index (χ3n) is 5.12. The molecule has 4 rings (SSSR count). The molecule has 0 amide bonds. The Morgan fingerprint density at radius 3 is 2.80 bits per heavy atom. The predicted octanol–water partition coefficient (Wildman–Crippen LogP) is 3.49.